The number of nitrogens with one attached hydrogen (secondary N) is 1. The van der Waals surface area contributed by atoms with Crippen molar-refractivity contribution < 1.29 is 22.4 Å². The summed E-state index contributed by atoms with van der Waals surface area (Å²) in [7, 11) is 0. The van der Waals surface area contributed by atoms with Crippen LogP contribution < -0.4 is 5.32 Å². The SMILES string of the molecule is Cc1cc(C(C)NC(=O)c2ccccc2C(F)(F)F)c(C)o1. The standard InChI is InChI=1S/C16H16F3NO2/c1-9-8-13(11(3)22-9)10(2)20-15(21)12-6-4-5-7-14(12)16(17,18)19/h4-8,10H,1-3H3,(H,20,21). The van der Waals surface area contributed by atoms with Crippen molar-refractivity contribution >= 4 is 5.91 Å². The van der Waals surface area contributed by atoms with Crippen LogP contribution in [0.4, 0.5) is 13.2 Å². The van der Waals surface area contributed by atoms with Gasteiger partial charge in [0.15, 0.2) is 0 Å². The summed E-state index contributed by atoms with van der Waals surface area (Å²) < 4.78 is 44.2. The number of amides is 1. The van der Waals surface area contributed by atoms with Gasteiger partial charge in [-0.25, -0.2) is 0 Å². The van der Waals surface area contributed by atoms with Gasteiger partial charge in [-0.15, -0.1) is 0 Å². The minimum absolute atomic E-state index is 0.389. The topological polar surface area (TPSA) is 42.2 Å². The first-order valence-electron chi connectivity index (χ1n) is 6.74. The smallest absolute Gasteiger partial charge is 0.417 e. The number of benzene rings is 1. The normalized spacial score (nSPS) is 13.0. The summed E-state index contributed by atoms with van der Waals surface area (Å²) >= 11 is 0. The summed E-state index contributed by atoms with van der Waals surface area (Å²) in [4.78, 5) is 12.2. The van der Waals surface area contributed by atoms with Crippen molar-refractivity contribution in [1.29, 1.82) is 0 Å². The Bertz CT molecular complexity index is 689. The zero-order valence-electron chi connectivity index (χ0n) is 12.4. The molecule has 1 heterocycles. The molecule has 0 saturated carbocycles. The van der Waals surface area contributed by atoms with Crippen LogP contribution in [0.5, 0.6) is 0 Å². The zero-order valence-corrected chi connectivity index (χ0v) is 12.4. The molecule has 2 aromatic rings. The van der Waals surface area contributed by atoms with Crippen LogP contribution in [0.25, 0.3) is 0 Å². The van der Waals surface area contributed by atoms with Gasteiger partial charge in [0.25, 0.3) is 5.91 Å². The molecule has 0 aliphatic rings. The lowest BCUT2D eigenvalue weighted by molar-refractivity contribution is -0.137. The summed E-state index contributed by atoms with van der Waals surface area (Å²) in [5.41, 5.74) is -0.588. The molecule has 3 nitrogen and oxygen atoms in total. The Balaban J connectivity index is 2.25. The Kier molecular flexibility index (Phi) is 4.30. The summed E-state index contributed by atoms with van der Waals surface area (Å²) in [5.74, 6) is 0.553. The van der Waals surface area contributed by atoms with Crippen molar-refractivity contribution in [1.82, 2.24) is 5.32 Å². The highest BCUT2D eigenvalue weighted by Crippen LogP contribution is 2.32. The third kappa shape index (κ3) is 3.32. The number of hydrogen-bond donors (Lipinski definition) is 1. The van der Waals surface area contributed by atoms with Crippen molar-refractivity contribution in [3.05, 3.63) is 58.5 Å². The summed E-state index contributed by atoms with van der Waals surface area (Å²) in [6, 6.07) is 6.03. The van der Waals surface area contributed by atoms with E-state index in [1.54, 1.807) is 26.8 Å². The highest BCUT2D eigenvalue weighted by molar-refractivity contribution is 5.96. The summed E-state index contributed by atoms with van der Waals surface area (Å²) in [6.07, 6.45) is -4.57. The van der Waals surface area contributed by atoms with Gasteiger partial charge in [0.1, 0.15) is 11.5 Å². The van der Waals surface area contributed by atoms with Crippen molar-refractivity contribution in [2.75, 3.05) is 0 Å². The maximum atomic E-state index is 12.9. The number of rotatable bonds is 3. The Morgan fingerprint density at radius 3 is 2.41 bits per heavy atom. The van der Waals surface area contributed by atoms with Gasteiger partial charge in [-0.3, -0.25) is 4.79 Å². The Morgan fingerprint density at radius 2 is 1.86 bits per heavy atom. The number of furan rings is 1. The molecule has 1 aromatic heterocycles. The molecule has 1 amide bonds. The van der Waals surface area contributed by atoms with Crippen LogP contribution in [-0.4, -0.2) is 5.91 Å². The molecule has 118 valence electrons. The molecular weight excluding hydrogens is 295 g/mol. The van der Waals surface area contributed by atoms with Gasteiger partial charge in [-0.05, 0) is 39.0 Å². The molecule has 0 spiro atoms. The van der Waals surface area contributed by atoms with E-state index in [0.29, 0.717) is 11.5 Å². The van der Waals surface area contributed by atoms with Crippen molar-refractivity contribution in [3.63, 3.8) is 0 Å². The maximum absolute atomic E-state index is 12.9. The number of carbonyl (C=O) groups excluding carboxylic acids is 1. The second-order valence-electron chi connectivity index (χ2n) is 5.11. The lowest BCUT2D eigenvalue weighted by Crippen LogP contribution is -2.29. The van der Waals surface area contributed by atoms with Crippen LogP contribution in [0.3, 0.4) is 0 Å². The van der Waals surface area contributed by atoms with Gasteiger partial charge in [0.05, 0.1) is 17.2 Å². The average molecular weight is 311 g/mol. The van der Waals surface area contributed by atoms with Crippen LogP contribution in [-0.2, 0) is 6.18 Å². The first-order valence-corrected chi connectivity index (χ1v) is 6.74. The Morgan fingerprint density at radius 1 is 1.23 bits per heavy atom. The summed E-state index contributed by atoms with van der Waals surface area (Å²) in [6.45, 7) is 5.21. The molecule has 6 heteroatoms. The first kappa shape index (κ1) is 16.1. The molecule has 1 unspecified atom stereocenters. The highest BCUT2D eigenvalue weighted by atomic mass is 19.4. The van der Waals surface area contributed by atoms with Gasteiger partial charge in [0, 0.05) is 5.56 Å². The minimum Gasteiger partial charge on any atom is -0.466 e. The molecule has 22 heavy (non-hydrogen) atoms. The molecule has 0 aliphatic heterocycles. The minimum atomic E-state index is -4.57. The monoisotopic (exact) mass is 311 g/mol. The Labute approximate surface area is 126 Å². The third-order valence-electron chi connectivity index (χ3n) is 3.37. The highest BCUT2D eigenvalue weighted by Gasteiger charge is 2.35. The van der Waals surface area contributed by atoms with Gasteiger partial charge < -0.3 is 9.73 Å². The molecular formula is C16H16F3NO2. The van der Waals surface area contributed by atoms with Crippen molar-refractivity contribution in [3.8, 4) is 0 Å². The molecule has 0 aliphatic carbocycles. The van der Waals surface area contributed by atoms with Crippen molar-refractivity contribution in [2.24, 2.45) is 0 Å². The first-order chi connectivity index (χ1) is 10.2. The van der Waals surface area contributed by atoms with Gasteiger partial charge >= 0.3 is 6.18 Å². The predicted octanol–water partition coefficient (Wildman–Crippen LogP) is 4.41. The zero-order chi connectivity index (χ0) is 16.5. The van der Waals surface area contributed by atoms with Crippen LogP contribution in [0.1, 0.15) is 46.0 Å². The van der Waals surface area contributed by atoms with E-state index in [-0.39, 0.29) is 5.56 Å². The lowest BCUT2D eigenvalue weighted by atomic mass is 10.0. The quantitative estimate of drug-likeness (QED) is 0.912. The molecule has 2 rings (SSSR count). The number of alkyl halides is 3. The average Bonchev–Trinajstić information content (AvgIpc) is 2.76. The molecule has 1 aromatic carbocycles. The molecule has 1 N–H and O–H groups in total. The van der Waals surface area contributed by atoms with Gasteiger partial charge in [-0.1, -0.05) is 12.1 Å². The molecule has 0 radical (unpaired) electrons. The fourth-order valence-electron chi connectivity index (χ4n) is 2.36. The van der Waals surface area contributed by atoms with Crippen LogP contribution in [0.15, 0.2) is 34.7 Å². The van der Waals surface area contributed by atoms with Gasteiger partial charge in [0.2, 0.25) is 0 Å². The van der Waals surface area contributed by atoms with Crippen LogP contribution in [0.2, 0.25) is 0 Å². The van der Waals surface area contributed by atoms with E-state index in [2.05, 4.69) is 5.32 Å². The van der Waals surface area contributed by atoms with E-state index in [9.17, 15) is 18.0 Å². The molecule has 0 saturated heterocycles. The third-order valence-corrected chi connectivity index (χ3v) is 3.37. The molecule has 1 atom stereocenters. The number of carbonyl (C=O) groups is 1. The predicted molar refractivity (Wildman–Crippen MR) is 75.5 cm³/mol. The summed E-state index contributed by atoms with van der Waals surface area (Å²) in [5, 5.41) is 2.58. The van der Waals surface area contributed by atoms with E-state index in [1.165, 1.54) is 18.2 Å². The van der Waals surface area contributed by atoms with E-state index in [0.717, 1.165) is 11.6 Å². The van der Waals surface area contributed by atoms with Crippen LogP contribution in [0, 0.1) is 13.8 Å². The second-order valence-corrected chi connectivity index (χ2v) is 5.11. The van der Waals surface area contributed by atoms with E-state index in [4.69, 9.17) is 4.42 Å². The molecule has 0 bridgehead atoms. The van der Waals surface area contributed by atoms with Crippen molar-refractivity contribution in [2.45, 2.75) is 33.0 Å². The second kappa shape index (κ2) is 5.87. The van der Waals surface area contributed by atoms with Crippen LogP contribution >= 0.6 is 0 Å². The fourth-order valence-corrected chi connectivity index (χ4v) is 2.36. The molecule has 0 fully saturated rings. The number of aryl methyl sites for hydroxylation is 2. The number of halogens is 3. The number of hydrogen-bond acceptors (Lipinski definition) is 2. The van der Waals surface area contributed by atoms with Gasteiger partial charge in [-0.2, -0.15) is 13.2 Å². The lowest BCUT2D eigenvalue weighted by Gasteiger charge is -2.16. The maximum Gasteiger partial charge on any atom is 0.417 e. The van der Waals surface area contributed by atoms with E-state index >= 15 is 0 Å². The van der Waals surface area contributed by atoms with E-state index < -0.39 is 23.7 Å². The van der Waals surface area contributed by atoms with E-state index in [1.807, 2.05) is 0 Å². The Hall–Kier alpha value is -2.24. The largest absolute Gasteiger partial charge is 0.466 e. The fraction of sp³-hybridized carbons (Fsp3) is 0.312.